The van der Waals surface area contributed by atoms with E-state index in [2.05, 4.69) is 123 Å². The Morgan fingerprint density at radius 3 is 1.19 bits per heavy atom. The maximum atomic E-state index is 12.7. The molecule has 0 saturated carbocycles. The van der Waals surface area contributed by atoms with Crippen LogP contribution in [0.4, 0.5) is 0 Å². The standard InChI is InChI=1S/C59H100NO8P/c1-3-5-7-9-11-13-15-17-19-21-22-23-24-25-26-27-28-29-30-31-32-33-34-36-38-40-42-44-46-48-50-52-59(62)68-57(56-67-69(63,64)66-54-53-60)55-65-58(61)51-49-47-45-43-41-39-37-35-20-18-16-14-12-10-8-6-4-2/h5,7,11,13,17,19,22-23,25-26,28-29,31-32,34,36,40,42,57H,3-4,6,8-10,12,14-16,18,20-21,24,27,30,33,35,37-39,41,43-56,60H2,1-2H3,(H,63,64)/b7-5-,13-11-,19-17-,23-22-,26-25-,29-28-,32-31-,36-34-,42-40-. The predicted octanol–water partition coefficient (Wildman–Crippen LogP) is 17.1. The molecule has 0 rings (SSSR count). The summed E-state index contributed by atoms with van der Waals surface area (Å²) < 4.78 is 32.9. The Balaban J connectivity index is 4.13. The number of phosphoric ester groups is 1. The van der Waals surface area contributed by atoms with Crippen LogP contribution in [0.5, 0.6) is 0 Å². The first kappa shape index (κ1) is 65.7. The van der Waals surface area contributed by atoms with Crippen molar-refractivity contribution in [2.75, 3.05) is 26.4 Å². The molecule has 3 N–H and O–H groups in total. The maximum absolute atomic E-state index is 12.7. The number of phosphoric acid groups is 1. The minimum absolute atomic E-state index is 0.0430. The van der Waals surface area contributed by atoms with Gasteiger partial charge in [-0.2, -0.15) is 0 Å². The summed E-state index contributed by atoms with van der Waals surface area (Å²) >= 11 is 0. The van der Waals surface area contributed by atoms with Gasteiger partial charge in [-0.15, -0.1) is 0 Å². The Hall–Kier alpha value is -3.33. The summed E-state index contributed by atoms with van der Waals surface area (Å²) in [7, 11) is -4.40. The van der Waals surface area contributed by atoms with Gasteiger partial charge >= 0.3 is 19.8 Å². The molecule has 69 heavy (non-hydrogen) atoms. The van der Waals surface area contributed by atoms with Crippen molar-refractivity contribution < 1.29 is 37.6 Å². The van der Waals surface area contributed by atoms with Crippen LogP contribution in [0.25, 0.3) is 0 Å². The number of allylic oxidation sites excluding steroid dienone is 18. The van der Waals surface area contributed by atoms with Crippen LogP contribution in [0.1, 0.15) is 219 Å². The molecule has 0 radical (unpaired) electrons. The van der Waals surface area contributed by atoms with Gasteiger partial charge in [0.25, 0.3) is 0 Å². The van der Waals surface area contributed by atoms with Gasteiger partial charge in [-0.25, -0.2) is 4.57 Å². The molecule has 0 aromatic heterocycles. The van der Waals surface area contributed by atoms with Crippen LogP contribution in [-0.4, -0.2) is 49.3 Å². The molecule has 2 unspecified atom stereocenters. The zero-order valence-corrected chi connectivity index (χ0v) is 44.6. The van der Waals surface area contributed by atoms with Gasteiger partial charge in [0, 0.05) is 19.4 Å². The average molecular weight is 982 g/mol. The maximum Gasteiger partial charge on any atom is 0.472 e. The van der Waals surface area contributed by atoms with Crippen molar-refractivity contribution in [1.29, 1.82) is 0 Å². The van der Waals surface area contributed by atoms with Gasteiger partial charge in [0.05, 0.1) is 13.2 Å². The van der Waals surface area contributed by atoms with E-state index in [1.165, 1.54) is 89.9 Å². The summed E-state index contributed by atoms with van der Waals surface area (Å²) in [6.45, 7) is 3.59. The van der Waals surface area contributed by atoms with E-state index < -0.39 is 32.5 Å². The zero-order valence-electron chi connectivity index (χ0n) is 43.8. The summed E-state index contributed by atoms with van der Waals surface area (Å²) in [5.74, 6) is -0.868. The van der Waals surface area contributed by atoms with E-state index in [0.717, 1.165) is 96.3 Å². The molecular weight excluding hydrogens is 882 g/mol. The molecule has 0 heterocycles. The second kappa shape index (κ2) is 54.0. The highest BCUT2D eigenvalue weighted by molar-refractivity contribution is 7.47. The number of carbonyl (C=O) groups excluding carboxylic acids is 2. The SMILES string of the molecule is CC/C=C\C/C=C\C/C=C\C/C=C\C/C=C\C/C=C\C/C=C\C/C=C\C/C=C\CCCCCC(=O)OC(COC(=O)CCCCCCCCCCCCCCCCCCC)COP(=O)(O)OCCN. The summed E-state index contributed by atoms with van der Waals surface area (Å²) in [4.78, 5) is 35.1. The van der Waals surface area contributed by atoms with Gasteiger partial charge in [0.15, 0.2) is 6.10 Å². The van der Waals surface area contributed by atoms with E-state index in [1.807, 2.05) is 0 Å². The van der Waals surface area contributed by atoms with Gasteiger partial charge in [0.2, 0.25) is 0 Å². The fourth-order valence-corrected chi connectivity index (χ4v) is 7.92. The zero-order chi connectivity index (χ0) is 50.2. The van der Waals surface area contributed by atoms with Crippen LogP contribution < -0.4 is 5.73 Å². The molecule has 0 aliphatic heterocycles. The molecule has 2 atom stereocenters. The van der Waals surface area contributed by atoms with Crippen LogP contribution in [-0.2, 0) is 32.7 Å². The van der Waals surface area contributed by atoms with Gasteiger partial charge in [-0.05, 0) is 83.5 Å². The molecule has 0 fully saturated rings. The van der Waals surface area contributed by atoms with Crippen molar-refractivity contribution >= 4 is 19.8 Å². The molecule has 10 heteroatoms. The van der Waals surface area contributed by atoms with Crippen molar-refractivity contribution in [3.8, 4) is 0 Å². The minimum Gasteiger partial charge on any atom is -0.462 e. The Morgan fingerprint density at radius 1 is 0.449 bits per heavy atom. The third-order valence-corrected chi connectivity index (χ3v) is 12.2. The second-order valence-electron chi connectivity index (χ2n) is 17.7. The lowest BCUT2D eigenvalue weighted by molar-refractivity contribution is -0.161. The molecule has 0 spiro atoms. The van der Waals surface area contributed by atoms with Crippen molar-refractivity contribution in [3.05, 3.63) is 109 Å². The van der Waals surface area contributed by atoms with Gasteiger partial charge in [0.1, 0.15) is 6.61 Å². The lowest BCUT2D eigenvalue weighted by atomic mass is 10.0. The lowest BCUT2D eigenvalue weighted by Crippen LogP contribution is -2.29. The van der Waals surface area contributed by atoms with E-state index >= 15 is 0 Å². The highest BCUT2D eigenvalue weighted by Gasteiger charge is 2.26. The van der Waals surface area contributed by atoms with E-state index in [0.29, 0.717) is 6.42 Å². The molecule has 0 bridgehead atoms. The van der Waals surface area contributed by atoms with Crippen molar-refractivity contribution in [2.45, 2.75) is 225 Å². The second-order valence-corrected chi connectivity index (χ2v) is 19.2. The highest BCUT2D eigenvalue weighted by atomic mass is 31.2. The van der Waals surface area contributed by atoms with Crippen LogP contribution in [0, 0.1) is 0 Å². The Bertz CT molecular complexity index is 1490. The quantitative estimate of drug-likeness (QED) is 0.0264. The average Bonchev–Trinajstić information content (AvgIpc) is 3.34. The monoisotopic (exact) mass is 982 g/mol. The number of nitrogens with two attached hydrogens (primary N) is 1. The molecule has 9 nitrogen and oxygen atoms in total. The minimum atomic E-state index is -4.40. The predicted molar refractivity (Wildman–Crippen MR) is 293 cm³/mol. The third kappa shape index (κ3) is 53.9. The largest absolute Gasteiger partial charge is 0.472 e. The van der Waals surface area contributed by atoms with Crippen LogP contribution in [0.2, 0.25) is 0 Å². The number of carbonyl (C=O) groups is 2. The molecule has 0 saturated heterocycles. The third-order valence-electron chi connectivity index (χ3n) is 11.2. The van der Waals surface area contributed by atoms with E-state index in [1.54, 1.807) is 0 Å². The Kier molecular flexibility index (Phi) is 51.4. The molecule has 0 amide bonds. The summed E-state index contributed by atoms with van der Waals surface area (Å²) in [6, 6.07) is 0. The number of unbranched alkanes of at least 4 members (excludes halogenated alkanes) is 19. The normalized spacial score (nSPS) is 14.0. The van der Waals surface area contributed by atoms with Gasteiger partial charge in [-0.1, -0.05) is 232 Å². The van der Waals surface area contributed by atoms with Crippen LogP contribution in [0.15, 0.2) is 109 Å². The van der Waals surface area contributed by atoms with Crippen molar-refractivity contribution in [3.63, 3.8) is 0 Å². The highest BCUT2D eigenvalue weighted by Crippen LogP contribution is 2.43. The van der Waals surface area contributed by atoms with Crippen molar-refractivity contribution in [2.24, 2.45) is 5.73 Å². The first-order valence-electron chi connectivity index (χ1n) is 27.4. The van der Waals surface area contributed by atoms with Gasteiger partial charge in [-0.3, -0.25) is 18.6 Å². The number of hydrogen-bond acceptors (Lipinski definition) is 8. The topological polar surface area (TPSA) is 134 Å². The lowest BCUT2D eigenvalue weighted by Gasteiger charge is -2.19. The molecule has 0 aromatic carbocycles. The van der Waals surface area contributed by atoms with Crippen LogP contribution in [0.3, 0.4) is 0 Å². The number of esters is 2. The molecule has 0 aliphatic rings. The van der Waals surface area contributed by atoms with E-state index in [9.17, 15) is 19.0 Å². The van der Waals surface area contributed by atoms with Gasteiger partial charge < -0.3 is 20.1 Å². The Labute approximate surface area is 422 Å². The number of hydrogen-bond donors (Lipinski definition) is 2. The molecule has 0 aromatic rings. The molecular formula is C59H100NO8P. The fraction of sp³-hybridized carbons (Fsp3) is 0.661. The summed E-state index contributed by atoms with van der Waals surface area (Å²) in [5, 5.41) is 0. The van der Waals surface area contributed by atoms with E-state index in [-0.39, 0.29) is 32.6 Å². The fourth-order valence-electron chi connectivity index (χ4n) is 7.16. The summed E-state index contributed by atoms with van der Waals surface area (Å²) in [5.41, 5.74) is 5.37. The van der Waals surface area contributed by atoms with Crippen LogP contribution >= 0.6 is 7.82 Å². The van der Waals surface area contributed by atoms with E-state index in [4.69, 9.17) is 24.3 Å². The first-order valence-corrected chi connectivity index (χ1v) is 28.9. The Morgan fingerprint density at radius 2 is 0.797 bits per heavy atom. The number of ether oxygens (including phenoxy) is 2. The van der Waals surface area contributed by atoms with Crippen molar-refractivity contribution in [1.82, 2.24) is 0 Å². The summed E-state index contributed by atoms with van der Waals surface area (Å²) in [6.07, 6.45) is 72.8. The number of rotatable bonds is 50. The molecule has 0 aliphatic carbocycles. The molecule has 394 valence electrons. The first-order chi connectivity index (χ1) is 33.8. The smallest absolute Gasteiger partial charge is 0.462 e.